The number of carbonyl (C=O) groups is 2. The largest absolute Gasteiger partial charge is 0.477 e. The molecule has 0 aromatic carbocycles. The summed E-state index contributed by atoms with van der Waals surface area (Å²) in [5.74, 6) is -1.18. The highest BCUT2D eigenvalue weighted by molar-refractivity contribution is 5.72. The highest BCUT2D eigenvalue weighted by Gasteiger charge is 2.30. The van der Waals surface area contributed by atoms with Gasteiger partial charge in [-0.25, -0.2) is 4.79 Å². The molecule has 0 saturated heterocycles. The molecule has 0 fully saturated rings. The van der Waals surface area contributed by atoms with E-state index in [2.05, 4.69) is 31.2 Å². The maximum Gasteiger partial charge on any atom is 0.362 e. The van der Waals surface area contributed by atoms with E-state index in [1.807, 2.05) is 33.3 Å². The van der Waals surface area contributed by atoms with Crippen molar-refractivity contribution in [3.8, 4) is 0 Å². The molecule has 0 aromatic rings. The highest BCUT2D eigenvalue weighted by atomic mass is 16.5. The Morgan fingerprint density at radius 3 is 2.18 bits per heavy atom. The number of hydrogen-bond donors (Lipinski definition) is 2. The van der Waals surface area contributed by atoms with E-state index in [1.165, 1.54) is 0 Å². The Hall–Kier alpha value is -1.96. The summed E-state index contributed by atoms with van der Waals surface area (Å²) < 4.78 is 10.8. The minimum Gasteiger partial charge on any atom is -0.477 e. The first-order valence-electron chi connectivity index (χ1n) is 12.1. The topological polar surface area (TPSA) is 93.1 Å². The van der Waals surface area contributed by atoms with Crippen LogP contribution in [0.15, 0.2) is 36.5 Å². The lowest BCUT2D eigenvalue weighted by Gasteiger charge is -2.31. The Balaban J connectivity index is 3.68. The number of rotatable bonds is 20. The van der Waals surface area contributed by atoms with Crippen LogP contribution < -0.4 is 0 Å². The molecule has 2 N–H and O–H groups in total. The van der Waals surface area contributed by atoms with Crippen molar-refractivity contribution in [1.82, 2.24) is 0 Å². The van der Waals surface area contributed by atoms with Crippen molar-refractivity contribution >= 4 is 11.9 Å². The molecule has 0 saturated carbocycles. The van der Waals surface area contributed by atoms with E-state index in [0.29, 0.717) is 17.3 Å². The normalized spacial score (nSPS) is 14.3. The van der Waals surface area contributed by atoms with Gasteiger partial charge < -0.3 is 24.2 Å². The number of ether oxygens (including phenoxy) is 2. The van der Waals surface area contributed by atoms with Gasteiger partial charge in [0.05, 0.1) is 34.4 Å². The van der Waals surface area contributed by atoms with Crippen molar-refractivity contribution in [2.75, 3.05) is 41.0 Å². The maximum absolute atomic E-state index is 11.8. The van der Waals surface area contributed by atoms with Crippen molar-refractivity contribution in [3.63, 3.8) is 0 Å². The molecule has 0 spiro atoms. The number of carboxylic acid groups (broad SMARTS) is 1. The van der Waals surface area contributed by atoms with Gasteiger partial charge in [0.25, 0.3) is 0 Å². The Morgan fingerprint density at radius 2 is 1.55 bits per heavy atom. The van der Waals surface area contributed by atoms with Gasteiger partial charge in [0, 0.05) is 12.8 Å². The van der Waals surface area contributed by atoms with Gasteiger partial charge in [-0.3, -0.25) is 4.79 Å². The first kappa shape index (κ1) is 31.0. The lowest BCUT2D eigenvalue weighted by Crippen LogP contribution is -2.50. The van der Waals surface area contributed by atoms with Gasteiger partial charge in [0.1, 0.15) is 12.7 Å². The number of carboxylic acids is 1. The molecule has 0 amide bonds. The van der Waals surface area contributed by atoms with E-state index in [4.69, 9.17) is 9.47 Å². The molecule has 0 radical (unpaired) electrons. The summed E-state index contributed by atoms with van der Waals surface area (Å²) in [4.78, 5) is 23.1. The van der Waals surface area contributed by atoms with Crippen molar-refractivity contribution in [3.05, 3.63) is 36.5 Å². The summed E-state index contributed by atoms with van der Waals surface area (Å²) in [6.45, 7) is 2.24. The van der Waals surface area contributed by atoms with Gasteiger partial charge in [0.2, 0.25) is 0 Å². The van der Waals surface area contributed by atoms with E-state index in [1.54, 1.807) is 0 Å². The molecule has 0 bridgehead atoms. The number of allylic oxidation sites excluding steroid dienone is 6. The van der Waals surface area contributed by atoms with Crippen LogP contribution in [-0.2, 0) is 19.1 Å². The smallest absolute Gasteiger partial charge is 0.362 e. The SMILES string of the molecule is CC/C=C/C=C/C=C/CCCCCCCC(=O)OCC(O)COCCC(C(=O)O)[N+](C)(C)C. The molecule has 7 nitrogen and oxygen atoms in total. The predicted molar refractivity (Wildman–Crippen MR) is 132 cm³/mol. The lowest BCUT2D eigenvalue weighted by atomic mass is 10.1. The quantitative estimate of drug-likeness (QED) is 0.120. The fraction of sp³-hybridized carbons (Fsp3) is 0.692. The Kier molecular flexibility index (Phi) is 18.3. The monoisotopic (exact) mass is 468 g/mol. The second kappa shape index (κ2) is 19.5. The fourth-order valence-electron chi connectivity index (χ4n) is 3.15. The number of nitrogens with zero attached hydrogens (tertiary/aromatic N) is 1. The third-order valence-corrected chi connectivity index (χ3v) is 5.10. The van der Waals surface area contributed by atoms with E-state index in [9.17, 15) is 19.8 Å². The van der Waals surface area contributed by atoms with Crippen LogP contribution in [0.25, 0.3) is 0 Å². The van der Waals surface area contributed by atoms with E-state index in [-0.39, 0.29) is 25.8 Å². The van der Waals surface area contributed by atoms with Crippen LogP contribution >= 0.6 is 0 Å². The molecule has 2 unspecified atom stereocenters. The average Bonchev–Trinajstić information content (AvgIpc) is 2.74. The first-order chi connectivity index (χ1) is 15.7. The number of likely N-dealkylation sites (N-methyl/N-ethyl adjacent to an activating group) is 1. The summed E-state index contributed by atoms with van der Waals surface area (Å²) >= 11 is 0. The summed E-state index contributed by atoms with van der Waals surface area (Å²) in [6.07, 6.45) is 19.6. The lowest BCUT2D eigenvalue weighted by molar-refractivity contribution is -0.887. The summed E-state index contributed by atoms with van der Waals surface area (Å²) in [5.41, 5.74) is 0. The zero-order chi connectivity index (χ0) is 25.0. The van der Waals surface area contributed by atoms with Gasteiger partial charge >= 0.3 is 11.9 Å². The second-order valence-corrected chi connectivity index (χ2v) is 9.13. The van der Waals surface area contributed by atoms with Crippen LogP contribution in [0.3, 0.4) is 0 Å². The van der Waals surface area contributed by atoms with E-state index >= 15 is 0 Å². The van der Waals surface area contributed by atoms with E-state index < -0.39 is 18.1 Å². The number of esters is 1. The number of aliphatic hydroxyl groups excluding tert-OH is 1. The maximum atomic E-state index is 11.8. The molecule has 0 aliphatic heterocycles. The third-order valence-electron chi connectivity index (χ3n) is 5.10. The zero-order valence-corrected chi connectivity index (χ0v) is 21.1. The molecule has 7 heteroatoms. The number of unbranched alkanes of at least 4 members (excludes halogenated alkanes) is 5. The van der Waals surface area contributed by atoms with E-state index in [0.717, 1.165) is 44.9 Å². The van der Waals surface area contributed by atoms with Crippen LogP contribution in [0.5, 0.6) is 0 Å². The molecule has 0 aliphatic carbocycles. The Labute approximate surface area is 200 Å². The predicted octanol–water partition coefficient (Wildman–Crippen LogP) is 4.27. The van der Waals surface area contributed by atoms with Crippen LogP contribution in [-0.4, -0.2) is 79.7 Å². The minimum atomic E-state index is -0.910. The second-order valence-electron chi connectivity index (χ2n) is 9.13. The Bertz CT molecular complexity index is 606. The van der Waals surface area contributed by atoms with Gasteiger partial charge in [-0.2, -0.15) is 0 Å². The average molecular weight is 469 g/mol. The minimum absolute atomic E-state index is 0.0104. The van der Waals surface area contributed by atoms with Crippen LogP contribution in [0, 0.1) is 0 Å². The molecule has 0 heterocycles. The summed E-state index contributed by atoms with van der Waals surface area (Å²) in [6, 6.07) is -0.577. The van der Waals surface area contributed by atoms with Crippen molar-refractivity contribution < 1.29 is 33.8 Å². The number of carbonyl (C=O) groups excluding carboxylic acids is 1. The van der Waals surface area contributed by atoms with Gasteiger partial charge in [-0.05, 0) is 25.7 Å². The number of quaternary nitrogens is 1. The number of aliphatic carboxylic acids is 1. The standard InChI is InChI=1S/C26H45NO6/c1-5-6-7-8-9-10-11-12-13-14-15-16-17-18-25(29)33-22-23(28)21-32-20-19-24(26(30)31)27(2,3)4/h6-11,23-24,28H,5,12-22H2,1-4H3/p+1/b7-6+,9-8+,11-10+. The molecule has 190 valence electrons. The fourth-order valence-corrected chi connectivity index (χ4v) is 3.15. The summed E-state index contributed by atoms with van der Waals surface area (Å²) in [7, 11) is 5.45. The van der Waals surface area contributed by atoms with Crippen LogP contribution in [0.1, 0.15) is 64.7 Å². The van der Waals surface area contributed by atoms with Crippen molar-refractivity contribution in [2.45, 2.75) is 76.9 Å². The van der Waals surface area contributed by atoms with Gasteiger partial charge in [0.15, 0.2) is 6.04 Å². The molecule has 0 rings (SSSR count). The van der Waals surface area contributed by atoms with Crippen LogP contribution in [0.2, 0.25) is 0 Å². The molecule has 0 aromatic heterocycles. The highest BCUT2D eigenvalue weighted by Crippen LogP contribution is 2.10. The number of hydrogen-bond acceptors (Lipinski definition) is 5. The van der Waals surface area contributed by atoms with Gasteiger partial charge in [-0.15, -0.1) is 0 Å². The molecule has 33 heavy (non-hydrogen) atoms. The molecular formula is C26H46NO6+. The molecule has 0 aliphatic rings. The van der Waals surface area contributed by atoms with Crippen molar-refractivity contribution in [2.24, 2.45) is 0 Å². The molecular weight excluding hydrogens is 422 g/mol. The number of aliphatic hydroxyl groups is 1. The third kappa shape index (κ3) is 19.2. The summed E-state index contributed by atoms with van der Waals surface area (Å²) in [5, 5.41) is 19.2. The first-order valence-corrected chi connectivity index (χ1v) is 12.1. The van der Waals surface area contributed by atoms with Gasteiger partial charge in [-0.1, -0.05) is 62.6 Å². The van der Waals surface area contributed by atoms with Crippen molar-refractivity contribution in [1.29, 1.82) is 0 Å². The molecule has 2 atom stereocenters. The zero-order valence-electron chi connectivity index (χ0n) is 21.1. The Morgan fingerprint density at radius 1 is 0.909 bits per heavy atom. The van der Waals surface area contributed by atoms with Crippen LogP contribution in [0.4, 0.5) is 0 Å².